The van der Waals surface area contributed by atoms with Crippen LogP contribution in [0.15, 0.2) is 64.9 Å². The molecular formula is C18H19NOS2. The predicted molar refractivity (Wildman–Crippen MR) is 96.8 cm³/mol. The summed E-state index contributed by atoms with van der Waals surface area (Å²) in [6.07, 6.45) is -0.439. The van der Waals surface area contributed by atoms with Crippen molar-refractivity contribution in [2.45, 2.75) is 16.2 Å². The minimum atomic E-state index is -0.439. The second-order valence-electron chi connectivity index (χ2n) is 5.16. The molecule has 4 heteroatoms. The number of aliphatic hydroxyl groups is 1. The zero-order valence-corrected chi connectivity index (χ0v) is 14.0. The summed E-state index contributed by atoms with van der Waals surface area (Å²) in [4.78, 5) is 1.22. The Morgan fingerprint density at radius 2 is 1.91 bits per heavy atom. The van der Waals surface area contributed by atoms with Gasteiger partial charge < -0.3 is 10.4 Å². The van der Waals surface area contributed by atoms with Crippen molar-refractivity contribution >= 4 is 33.2 Å². The topological polar surface area (TPSA) is 32.3 Å². The quantitative estimate of drug-likeness (QED) is 0.661. The zero-order chi connectivity index (χ0) is 15.4. The highest BCUT2D eigenvalue weighted by atomic mass is 32.2. The molecule has 114 valence electrons. The van der Waals surface area contributed by atoms with Gasteiger partial charge in [0, 0.05) is 21.5 Å². The molecule has 2 N–H and O–H groups in total. The first-order valence-electron chi connectivity index (χ1n) is 7.30. The van der Waals surface area contributed by atoms with E-state index in [1.807, 2.05) is 25.2 Å². The maximum atomic E-state index is 10.6. The molecule has 1 aromatic heterocycles. The molecule has 3 aromatic rings. The molecule has 0 amide bonds. The van der Waals surface area contributed by atoms with Crippen LogP contribution in [0.25, 0.3) is 10.1 Å². The molecule has 2 nitrogen and oxygen atoms in total. The van der Waals surface area contributed by atoms with E-state index < -0.39 is 6.10 Å². The maximum Gasteiger partial charge on any atom is 0.0827 e. The second kappa shape index (κ2) is 7.29. The van der Waals surface area contributed by atoms with Gasteiger partial charge in [0.15, 0.2) is 0 Å². The van der Waals surface area contributed by atoms with Gasteiger partial charge in [-0.3, -0.25) is 0 Å². The highest BCUT2D eigenvalue weighted by molar-refractivity contribution is 7.99. The molecule has 22 heavy (non-hydrogen) atoms. The van der Waals surface area contributed by atoms with E-state index in [1.165, 1.54) is 15.0 Å². The normalized spacial score (nSPS) is 14.1. The summed E-state index contributed by atoms with van der Waals surface area (Å²) >= 11 is 3.50. The Kier molecular flexibility index (Phi) is 5.16. The Morgan fingerprint density at radius 3 is 2.68 bits per heavy atom. The summed E-state index contributed by atoms with van der Waals surface area (Å²) in [5, 5.41) is 17.0. The van der Waals surface area contributed by atoms with E-state index in [4.69, 9.17) is 0 Å². The third-order valence-corrected chi connectivity index (χ3v) is 5.93. The number of rotatable bonds is 6. The fourth-order valence-electron chi connectivity index (χ4n) is 2.53. The van der Waals surface area contributed by atoms with E-state index in [-0.39, 0.29) is 5.25 Å². The highest BCUT2D eigenvalue weighted by Crippen LogP contribution is 2.41. The summed E-state index contributed by atoms with van der Waals surface area (Å²) in [5.41, 5.74) is 1.16. The fourth-order valence-corrected chi connectivity index (χ4v) is 4.69. The minimum absolute atomic E-state index is 0.0131. The molecule has 0 radical (unpaired) electrons. The number of benzene rings is 2. The smallest absolute Gasteiger partial charge is 0.0827 e. The Bertz CT molecular complexity index is 726. The number of aliphatic hydroxyl groups excluding tert-OH is 1. The molecular weight excluding hydrogens is 310 g/mol. The Labute approximate surface area is 139 Å². The van der Waals surface area contributed by atoms with Gasteiger partial charge in [-0.05, 0) is 36.2 Å². The first-order valence-corrected chi connectivity index (χ1v) is 9.06. The lowest BCUT2D eigenvalue weighted by Gasteiger charge is -2.23. The molecule has 0 saturated heterocycles. The lowest BCUT2D eigenvalue weighted by molar-refractivity contribution is 0.171. The van der Waals surface area contributed by atoms with Gasteiger partial charge in [-0.2, -0.15) is 0 Å². The summed E-state index contributed by atoms with van der Waals surface area (Å²) in [6.45, 7) is 0.576. The molecule has 0 aliphatic heterocycles. The molecule has 1 heterocycles. The van der Waals surface area contributed by atoms with Gasteiger partial charge in [0.25, 0.3) is 0 Å². The Balaban J connectivity index is 1.94. The molecule has 0 aliphatic rings. The van der Waals surface area contributed by atoms with Crippen molar-refractivity contribution < 1.29 is 5.11 Å². The summed E-state index contributed by atoms with van der Waals surface area (Å²) < 4.78 is 1.29. The molecule has 0 unspecified atom stereocenters. The van der Waals surface area contributed by atoms with E-state index >= 15 is 0 Å². The maximum absolute atomic E-state index is 10.6. The molecule has 2 aromatic carbocycles. The third kappa shape index (κ3) is 3.36. The van der Waals surface area contributed by atoms with Crippen molar-refractivity contribution in [3.63, 3.8) is 0 Å². The lowest BCUT2D eigenvalue weighted by atomic mass is 10.1. The SMILES string of the molecule is CNC[C@H](O)[C@H](Sc1cccc2sccc12)c1ccccc1. The van der Waals surface area contributed by atoms with E-state index in [0.717, 1.165) is 5.56 Å². The van der Waals surface area contributed by atoms with Crippen LogP contribution < -0.4 is 5.32 Å². The lowest BCUT2D eigenvalue weighted by Crippen LogP contribution is -2.28. The predicted octanol–water partition coefficient (Wildman–Crippen LogP) is 4.32. The van der Waals surface area contributed by atoms with Crippen LogP contribution in [0.5, 0.6) is 0 Å². The highest BCUT2D eigenvalue weighted by Gasteiger charge is 2.22. The number of thioether (sulfide) groups is 1. The van der Waals surface area contributed by atoms with Crippen LogP contribution in [0.4, 0.5) is 0 Å². The van der Waals surface area contributed by atoms with Crippen LogP contribution in [0.3, 0.4) is 0 Å². The van der Waals surface area contributed by atoms with Gasteiger partial charge >= 0.3 is 0 Å². The molecule has 0 spiro atoms. The van der Waals surface area contributed by atoms with Crippen LogP contribution in [0.1, 0.15) is 10.8 Å². The van der Waals surface area contributed by atoms with Gasteiger partial charge in [0.1, 0.15) is 0 Å². The van der Waals surface area contributed by atoms with Crippen LogP contribution in [-0.4, -0.2) is 24.8 Å². The van der Waals surface area contributed by atoms with E-state index in [0.29, 0.717) is 6.54 Å². The van der Waals surface area contributed by atoms with Crippen molar-refractivity contribution in [3.8, 4) is 0 Å². The van der Waals surface area contributed by atoms with Crippen LogP contribution in [0, 0.1) is 0 Å². The number of thiophene rings is 1. The van der Waals surface area contributed by atoms with E-state index in [1.54, 1.807) is 23.1 Å². The monoisotopic (exact) mass is 329 g/mol. The molecule has 3 rings (SSSR count). The molecule has 0 saturated carbocycles. The van der Waals surface area contributed by atoms with E-state index in [2.05, 4.69) is 47.1 Å². The van der Waals surface area contributed by atoms with Gasteiger partial charge in [-0.25, -0.2) is 0 Å². The Hall–Kier alpha value is -1.33. The number of fused-ring (bicyclic) bond motifs is 1. The summed E-state index contributed by atoms with van der Waals surface area (Å²) in [7, 11) is 1.87. The van der Waals surface area contributed by atoms with Crippen molar-refractivity contribution in [2.75, 3.05) is 13.6 Å². The van der Waals surface area contributed by atoms with Gasteiger partial charge in [-0.15, -0.1) is 23.1 Å². The number of hydrogen-bond donors (Lipinski definition) is 2. The van der Waals surface area contributed by atoms with Gasteiger partial charge in [-0.1, -0.05) is 36.4 Å². The summed E-state index contributed by atoms with van der Waals surface area (Å²) in [5.74, 6) is 0. The van der Waals surface area contributed by atoms with Crippen LogP contribution in [-0.2, 0) is 0 Å². The average molecular weight is 329 g/mol. The van der Waals surface area contributed by atoms with Crippen molar-refractivity contribution in [2.24, 2.45) is 0 Å². The Morgan fingerprint density at radius 1 is 1.09 bits per heavy atom. The first-order chi connectivity index (χ1) is 10.8. The number of hydrogen-bond acceptors (Lipinski definition) is 4. The van der Waals surface area contributed by atoms with Crippen LogP contribution >= 0.6 is 23.1 Å². The standard InChI is InChI=1S/C18H19NOS2/c1-19-12-15(20)18(13-6-3-2-4-7-13)22-17-9-5-8-16-14(17)10-11-21-16/h2-11,15,18-20H,12H2,1H3/t15-,18+/m0/s1. The molecule has 0 aliphatic carbocycles. The second-order valence-corrected chi connectivity index (χ2v) is 7.29. The third-order valence-electron chi connectivity index (χ3n) is 3.60. The number of likely N-dealkylation sites (N-methyl/N-ethyl adjacent to an activating group) is 1. The largest absolute Gasteiger partial charge is 0.390 e. The average Bonchev–Trinajstić information content (AvgIpc) is 3.03. The van der Waals surface area contributed by atoms with Crippen LogP contribution in [0.2, 0.25) is 0 Å². The number of nitrogens with one attached hydrogen (secondary N) is 1. The van der Waals surface area contributed by atoms with Crippen molar-refractivity contribution in [1.29, 1.82) is 0 Å². The van der Waals surface area contributed by atoms with Gasteiger partial charge in [0.05, 0.1) is 11.4 Å². The minimum Gasteiger partial charge on any atom is -0.390 e. The van der Waals surface area contributed by atoms with Crippen molar-refractivity contribution in [1.82, 2.24) is 5.32 Å². The molecule has 0 bridgehead atoms. The first kappa shape index (κ1) is 15.6. The van der Waals surface area contributed by atoms with E-state index in [9.17, 15) is 5.11 Å². The zero-order valence-electron chi connectivity index (χ0n) is 12.4. The van der Waals surface area contributed by atoms with Crippen molar-refractivity contribution in [3.05, 3.63) is 65.5 Å². The van der Waals surface area contributed by atoms with Gasteiger partial charge in [0.2, 0.25) is 0 Å². The summed E-state index contributed by atoms with van der Waals surface area (Å²) in [6, 6.07) is 18.8. The molecule has 0 fully saturated rings. The molecule has 2 atom stereocenters. The fraction of sp³-hybridized carbons (Fsp3) is 0.222.